The molecule has 90 valence electrons. The first-order valence-electron chi connectivity index (χ1n) is 5.80. The van der Waals surface area contributed by atoms with Gasteiger partial charge in [-0.05, 0) is 43.1 Å². The van der Waals surface area contributed by atoms with Crippen LogP contribution in [0, 0.1) is 17.1 Å². The molecule has 1 heterocycles. The van der Waals surface area contributed by atoms with Gasteiger partial charge in [0.25, 0.3) is 0 Å². The molecule has 1 unspecified atom stereocenters. The lowest BCUT2D eigenvalue weighted by Crippen LogP contribution is -2.35. The Balaban J connectivity index is 1.98. The number of halogens is 1. The molecule has 0 saturated carbocycles. The third-order valence-corrected chi connectivity index (χ3v) is 2.91. The van der Waals surface area contributed by atoms with Crippen LogP contribution in [0.2, 0.25) is 0 Å². The highest BCUT2D eigenvalue weighted by Gasteiger charge is 2.14. The molecule has 0 aromatic heterocycles. The van der Waals surface area contributed by atoms with Crippen LogP contribution in [-0.4, -0.2) is 19.2 Å². The van der Waals surface area contributed by atoms with E-state index in [1.807, 2.05) is 6.07 Å². The number of nitriles is 1. The Labute approximate surface area is 100 Å². The lowest BCUT2D eigenvalue weighted by molar-refractivity contribution is 0.0251. The van der Waals surface area contributed by atoms with Crippen molar-refractivity contribution in [3.05, 3.63) is 35.1 Å². The summed E-state index contributed by atoms with van der Waals surface area (Å²) in [6.45, 7) is 2.16. The van der Waals surface area contributed by atoms with Crippen LogP contribution in [0.1, 0.15) is 24.0 Å². The summed E-state index contributed by atoms with van der Waals surface area (Å²) in [7, 11) is 0. The van der Waals surface area contributed by atoms with Crippen molar-refractivity contribution in [2.24, 2.45) is 0 Å². The zero-order valence-corrected chi connectivity index (χ0v) is 9.58. The molecule has 1 N–H and O–H groups in total. The van der Waals surface area contributed by atoms with Gasteiger partial charge in [0, 0.05) is 6.54 Å². The van der Waals surface area contributed by atoms with Gasteiger partial charge in [-0.15, -0.1) is 0 Å². The highest BCUT2D eigenvalue weighted by Crippen LogP contribution is 2.14. The molecule has 3 nitrogen and oxygen atoms in total. The zero-order chi connectivity index (χ0) is 12.1. The molecule has 4 heteroatoms. The zero-order valence-electron chi connectivity index (χ0n) is 9.58. The van der Waals surface area contributed by atoms with E-state index in [4.69, 9.17) is 10.00 Å². The number of hydrogen-bond acceptors (Lipinski definition) is 3. The maximum atomic E-state index is 13.1. The van der Waals surface area contributed by atoms with Crippen molar-refractivity contribution in [2.45, 2.75) is 25.6 Å². The highest BCUT2D eigenvalue weighted by molar-refractivity contribution is 5.37. The summed E-state index contributed by atoms with van der Waals surface area (Å²) in [4.78, 5) is 0. The maximum Gasteiger partial charge on any atom is 0.123 e. The van der Waals surface area contributed by atoms with Gasteiger partial charge in [0.2, 0.25) is 0 Å². The topological polar surface area (TPSA) is 45.0 Å². The Kier molecular flexibility index (Phi) is 4.08. The molecule has 17 heavy (non-hydrogen) atoms. The van der Waals surface area contributed by atoms with E-state index in [0.29, 0.717) is 17.7 Å². The number of rotatable bonds is 3. The Morgan fingerprint density at radius 2 is 2.41 bits per heavy atom. The molecule has 1 aromatic carbocycles. The predicted molar refractivity (Wildman–Crippen MR) is 61.8 cm³/mol. The summed E-state index contributed by atoms with van der Waals surface area (Å²) < 4.78 is 18.8. The molecular formula is C13H15FN2O. The molecule has 0 bridgehead atoms. The number of hydrogen-bond donors (Lipinski definition) is 1. The van der Waals surface area contributed by atoms with Gasteiger partial charge >= 0.3 is 0 Å². The van der Waals surface area contributed by atoms with Gasteiger partial charge < -0.3 is 10.1 Å². The third kappa shape index (κ3) is 3.26. The van der Waals surface area contributed by atoms with E-state index in [2.05, 4.69) is 5.32 Å². The van der Waals surface area contributed by atoms with Crippen LogP contribution in [0.5, 0.6) is 0 Å². The van der Waals surface area contributed by atoms with E-state index in [9.17, 15) is 4.39 Å². The molecule has 0 radical (unpaired) electrons. The summed E-state index contributed by atoms with van der Waals surface area (Å²) in [5.41, 5.74) is 1.10. The molecule has 0 amide bonds. The fourth-order valence-corrected chi connectivity index (χ4v) is 1.96. The van der Waals surface area contributed by atoms with E-state index in [1.54, 1.807) is 0 Å². The smallest absolute Gasteiger partial charge is 0.123 e. The molecule has 1 saturated heterocycles. The summed E-state index contributed by atoms with van der Waals surface area (Å²) in [6, 6.07) is 6.21. The second-order valence-electron chi connectivity index (χ2n) is 4.19. The lowest BCUT2D eigenvalue weighted by Gasteiger charge is -2.23. The van der Waals surface area contributed by atoms with Gasteiger partial charge in [0.15, 0.2) is 0 Å². The Hall–Kier alpha value is -1.44. The van der Waals surface area contributed by atoms with Crippen LogP contribution < -0.4 is 5.32 Å². The molecule has 1 fully saturated rings. The maximum absolute atomic E-state index is 13.1. The van der Waals surface area contributed by atoms with E-state index >= 15 is 0 Å². The van der Waals surface area contributed by atoms with Crippen LogP contribution >= 0.6 is 0 Å². The fourth-order valence-electron chi connectivity index (χ4n) is 1.96. The Morgan fingerprint density at radius 1 is 1.53 bits per heavy atom. The van der Waals surface area contributed by atoms with Crippen LogP contribution in [0.4, 0.5) is 4.39 Å². The number of benzene rings is 1. The molecule has 1 aromatic rings. The van der Waals surface area contributed by atoms with Crippen molar-refractivity contribution in [3.63, 3.8) is 0 Å². The first kappa shape index (κ1) is 12.0. The Morgan fingerprint density at radius 3 is 3.12 bits per heavy atom. The monoisotopic (exact) mass is 234 g/mol. The average molecular weight is 234 g/mol. The number of ether oxygens (including phenoxy) is 1. The van der Waals surface area contributed by atoms with E-state index in [-0.39, 0.29) is 11.9 Å². The van der Waals surface area contributed by atoms with Gasteiger partial charge in [0.1, 0.15) is 5.82 Å². The number of piperidine rings is 1. The van der Waals surface area contributed by atoms with Crippen molar-refractivity contribution in [2.75, 3.05) is 13.1 Å². The molecule has 0 spiro atoms. The molecule has 0 aliphatic carbocycles. The third-order valence-electron chi connectivity index (χ3n) is 2.91. The Bertz CT molecular complexity index is 422. The largest absolute Gasteiger partial charge is 0.372 e. The van der Waals surface area contributed by atoms with Crippen LogP contribution in [0.15, 0.2) is 18.2 Å². The molecule has 1 aliphatic rings. The minimum Gasteiger partial charge on any atom is -0.372 e. The number of nitrogens with zero attached hydrogens (tertiary/aromatic N) is 1. The van der Waals surface area contributed by atoms with Crippen molar-refractivity contribution in [1.82, 2.24) is 5.32 Å². The lowest BCUT2D eigenvalue weighted by atomic mass is 10.1. The normalized spacial score (nSPS) is 19.9. The van der Waals surface area contributed by atoms with Gasteiger partial charge in [-0.2, -0.15) is 5.26 Å². The van der Waals surface area contributed by atoms with Gasteiger partial charge in [-0.1, -0.05) is 0 Å². The molecular weight excluding hydrogens is 219 g/mol. The van der Waals surface area contributed by atoms with Gasteiger partial charge in [-0.25, -0.2) is 4.39 Å². The van der Waals surface area contributed by atoms with Gasteiger partial charge in [0.05, 0.1) is 24.3 Å². The molecule has 1 atom stereocenters. The van der Waals surface area contributed by atoms with Crippen molar-refractivity contribution >= 4 is 0 Å². The number of nitrogens with one attached hydrogen (secondary N) is 1. The van der Waals surface area contributed by atoms with Crippen LogP contribution in [0.25, 0.3) is 0 Å². The van der Waals surface area contributed by atoms with Crippen molar-refractivity contribution in [3.8, 4) is 6.07 Å². The van der Waals surface area contributed by atoms with E-state index in [1.165, 1.54) is 18.2 Å². The SMILES string of the molecule is N#Cc1ccc(F)cc1COC1CCCNC1. The predicted octanol–water partition coefficient (Wildman–Crippen LogP) is 1.97. The second kappa shape index (κ2) is 5.76. The standard InChI is InChI=1S/C13H15FN2O/c14-12-4-3-10(7-15)11(6-12)9-17-13-2-1-5-16-8-13/h3-4,6,13,16H,1-2,5,8-9H2. The fraction of sp³-hybridized carbons (Fsp3) is 0.462. The van der Waals surface area contributed by atoms with Gasteiger partial charge in [-0.3, -0.25) is 0 Å². The van der Waals surface area contributed by atoms with E-state index in [0.717, 1.165) is 25.9 Å². The minimum atomic E-state index is -0.329. The summed E-state index contributed by atoms with van der Waals surface area (Å²) in [5, 5.41) is 12.2. The van der Waals surface area contributed by atoms with Crippen molar-refractivity contribution in [1.29, 1.82) is 5.26 Å². The first-order chi connectivity index (χ1) is 8.29. The summed E-state index contributed by atoms with van der Waals surface area (Å²) in [5.74, 6) is -0.329. The summed E-state index contributed by atoms with van der Waals surface area (Å²) >= 11 is 0. The van der Waals surface area contributed by atoms with E-state index < -0.39 is 0 Å². The van der Waals surface area contributed by atoms with Crippen LogP contribution in [0.3, 0.4) is 0 Å². The molecule has 1 aliphatic heterocycles. The van der Waals surface area contributed by atoms with Crippen molar-refractivity contribution < 1.29 is 9.13 Å². The minimum absolute atomic E-state index is 0.165. The quantitative estimate of drug-likeness (QED) is 0.869. The summed E-state index contributed by atoms with van der Waals surface area (Å²) in [6.07, 6.45) is 2.28. The second-order valence-corrected chi connectivity index (χ2v) is 4.19. The van der Waals surface area contributed by atoms with Crippen LogP contribution in [-0.2, 0) is 11.3 Å². The average Bonchev–Trinajstić information content (AvgIpc) is 2.38. The highest BCUT2D eigenvalue weighted by atomic mass is 19.1. The first-order valence-corrected chi connectivity index (χ1v) is 5.80. The molecule has 2 rings (SSSR count).